The third kappa shape index (κ3) is 3.44. The molecule has 0 unspecified atom stereocenters. The number of amides is 1. The number of methoxy groups -OCH3 is 1. The number of thiocarbonyl (C=S) groups is 1. The number of halogens is 2. The van der Waals surface area contributed by atoms with Gasteiger partial charge in [-0.3, -0.25) is 9.69 Å². The van der Waals surface area contributed by atoms with Crippen LogP contribution in [0.2, 0.25) is 10.0 Å². The summed E-state index contributed by atoms with van der Waals surface area (Å²) in [5, 5.41) is 1.02. The molecule has 1 fully saturated rings. The molecule has 0 saturated carbocycles. The van der Waals surface area contributed by atoms with Crippen molar-refractivity contribution in [3.8, 4) is 5.75 Å². The van der Waals surface area contributed by atoms with Gasteiger partial charge in [0.1, 0.15) is 5.75 Å². The minimum atomic E-state index is -0.190. The van der Waals surface area contributed by atoms with Crippen LogP contribution in [0.1, 0.15) is 5.56 Å². The molecule has 122 valence electrons. The zero-order valence-corrected chi connectivity index (χ0v) is 15.6. The molecule has 0 N–H and O–H groups in total. The second kappa shape index (κ2) is 7.15. The van der Waals surface area contributed by atoms with E-state index in [9.17, 15) is 4.79 Å². The van der Waals surface area contributed by atoms with Crippen molar-refractivity contribution in [1.29, 1.82) is 0 Å². The van der Waals surface area contributed by atoms with Gasteiger partial charge in [-0.1, -0.05) is 59.3 Å². The molecule has 1 saturated heterocycles. The van der Waals surface area contributed by atoms with Crippen molar-refractivity contribution in [3.63, 3.8) is 0 Å². The van der Waals surface area contributed by atoms with Crippen LogP contribution in [0.15, 0.2) is 47.4 Å². The molecule has 3 rings (SSSR count). The molecule has 0 aliphatic carbocycles. The van der Waals surface area contributed by atoms with Gasteiger partial charge < -0.3 is 4.74 Å². The van der Waals surface area contributed by atoms with Crippen LogP contribution >= 0.6 is 47.2 Å². The number of ether oxygens (including phenoxy) is 1. The van der Waals surface area contributed by atoms with E-state index in [0.29, 0.717) is 36.3 Å². The quantitative estimate of drug-likeness (QED) is 0.513. The Balaban J connectivity index is 1.95. The fraction of sp³-hybridized carbons (Fsp3) is 0.0588. The van der Waals surface area contributed by atoms with Crippen LogP contribution in [0.5, 0.6) is 5.75 Å². The van der Waals surface area contributed by atoms with E-state index < -0.39 is 0 Å². The summed E-state index contributed by atoms with van der Waals surface area (Å²) in [5.41, 5.74) is 1.38. The summed E-state index contributed by atoms with van der Waals surface area (Å²) in [6.45, 7) is 0. The van der Waals surface area contributed by atoms with Crippen molar-refractivity contribution in [2.24, 2.45) is 0 Å². The number of carbonyl (C=O) groups is 1. The van der Waals surface area contributed by atoms with Gasteiger partial charge in [0.15, 0.2) is 4.32 Å². The summed E-state index contributed by atoms with van der Waals surface area (Å²) < 4.78 is 5.66. The molecule has 0 aromatic heterocycles. The predicted molar refractivity (Wildman–Crippen MR) is 105 cm³/mol. The molecule has 24 heavy (non-hydrogen) atoms. The van der Waals surface area contributed by atoms with Gasteiger partial charge in [0.25, 0.3) is 5.91 Å². The Morgan fingerprint density at radius 3 is 2.71 bits per heavy atom. The van der Waals surface area contributed by atoms with E-state index in [1.54, 1.807) is 37.5 Å². The number of hydrogen-bond acceptors (Lipinski definition) is 4. The highest BCUT2D eigenvalue weighted by Gasteiger charge is 2.33. The molecule has 0 bridgehead atoms. The number of thioether (sulfide) groups is 1. The Bertz CT molecular complexity index is 867. The summed E-state index contributed by atoms with van der Waals surface area (Å²) in [6, 6.07) is 12.3. The lowest BCUT2D eigenvalue weighted by molar-refractivity contribution is -0.113. The van der Waals surface area contributed by atoms with Gasteiger partial charge in [0, 0.05) is 16.1 Å². The van der Waals surface area contributed by atoms with E-state index in [1.807, 2.05) is 18.2 Å². The number of anilines is 1. The number of carbonyl (C=O) groups excluding carboxylic acids is 1. The molecule has 0 spiro atoms. The molecule has 0 atom stereocenters. The van der Waals surface area contributed by atoms with Gasteiger partial charge in [0.2, 0.25) is 0 Å². The highest BCUT2D eigenvalue weighted by molar-refractivity contribution is 8.27. The maximum Gasteiger partial charge on any atom is 0.270 e. The number of nitrogens with zero attached hydrogens (tertiary/aromatic N) is 1. The molecule has 3 nitrogen and oxygen atoms in total. The van der Waals surface area contributed by atoms with Crippen molar-refractivity contribution in [3.05, 3.63) is 63.0 Å². The highest BCUT2D eigenvalue weighted by Crippen LogP contribution is 2.37. The molecule has 1 aliphatic heterocycles. The zero-order valence-electron chi connectivity index (χ0n) is 12.5. The predicted octanol–water partition coefficient (Wildman–Crippen LogP) is 5.41. The van der Waals surface area contributed by atoms with Crippen LogP contribution < -0.4 is 9.64 Å². The average Bonchev–Trinajstić information content (AvgIpc) is 2.84. The molecule has 1 aliphatic rings. The fourth-order valence-corrected chi connectivity index (χ4v) is 3.95. The van der Waals surface area contributed by atoms with Crippen molar-refractivity contribution >= 4 is 69.2 Å². The maximum atomic E-state index is 12.7. The Hall–Kier alpha value is -1.53. The van der Waals surface area contributed by atoms with Crippen LogP contribution in [0.4, 0.5) is 5.69 Å². The van der Waals surface area contributed by atoms with Crippen LogP contribution in [0.25, 0.3) is 6.08 Å². The Morgan fingerprint density at radius 2 is 2.00 bits per heavy atom. The first-order chi connectivity index (χ1) is 11.5. The Morgan fingerprint density at radius 1 is 1.21 bits per heavy atom. The van der Waals surface area contributed by atoms with Crippen LogP contribution in [0.3, 0.4) is 0 Å². The summed E-state index contributed by atoms with van der Waals surface area (Å²) in [7, 11) is 1.58. The Kier molecular flexibility index (Phi) is 5.15. The van der Waals surface area contributed by atoms with E-state index >= 15 is 0 Å². The third-order valence-corrected chi connectivity index (χ3v) is 5.22. The number of hydrogen-bond donors (Lipinski definition) is 0. The highest BCUT2D eigenvalue weighted by atomic mass is 35.5. The van der Waals surface area contributed by atoms with E-state index in [1.165, 1.54) is 16.7 Å². The largest absolute Gasteiger partial charge is 0.497 e. The summed E-state index contributed by atoms with van der Waals surface area (Å²) in [6.07, 6.45) is 1.72. The first-order valence-corrected chi connectivity index (χ1v) is 8.85. The standard InChI is InChI=1S/C17H11Cl2NO2S2/c1-22-13-4-2-3-12(9-13)20-16(21)15(24-17(20)23)7-10-5-6-11(18)8-14(10)19/h2-9H,1H3. The van der Waals surface area contributed by atoms with E-state index in [4.69, 9.17) is 40.2 Å². The maximum absolute atomic E-state index is 12.7. The lowest BCUT2D eigenvalue weighted by Crippen LogP contribution is -2.27. The lowest BCUT2D eigenvalue weighted by Gasteiger charge is -2.15. The van der Waals surface area contributed by atoms with Crippen LogP contribution in [-0.4, -0.2) is 17.3 Å². The van der Waals surface area contributed by atoms with E-state index in [-0.39, 0.29) is 5.91 Å². The van der Waals surface area contributed by atoms with E-state index in [2.05, 4.69) is 0 Å². The summed E-state index contributed by atoms with van der Waals surface area (Å²) in [4.78, 5) is 14.7. The van der Waals surface area contributed by atoms with Gasteiger partial charge >= 0.3 is 0 Å². The molecular formula is C17H11Cl2NO2S2. The molecular weight excluding hydrogens is 385 g/mol. The van der Waals surface area contributed by atoms with Crippen LogP contribution in [0, 0.1) is 0 Å². The molecule has 2 aromatic rings. The first kappa shape index (κ1) is 17.3. The normalized spacial score (nSPS) is 16.1. The summed E-state index contributed by atoms with van der Waals surface area (Å²) >= 11 is 18.7. The first-order valence-electron chi connectivity index (χ1n) is 6.86. The Labute approximate surface area is 159 Å². The van der Waals surface area contributed by atoms with Gasteiger partial charge in [0.05, 0.1) is 17.7 Å². The van der Waals surface area contributed by atoms with Gasteiger partial charge in [-0.15, -0.1) is 0 Å². The molecule has 1 heterocycles. The van der Waals surface area contributed by atoms with E-state index in [0.717, 1.165) is 0 Å². The van der Waals surface area contributed by atoms with Crippen molar-refractivity contribution in [2.45, 2.75) is 0 Å². The number of benzene rings is 2. The fourth-order valence-electron chi connectivity index (χ4n) is 2.20. The monoisotopic (exact) mass is 395 g/mol. The zero-order chi connectivity index (χ0) is 17.3. The topological polar surface area (TPSA) is 29.5 Å². The molecule has 2 aromatic carbocycles. The number of rotatable bonds is 3. The molecule has 7 heteroatoms. The van der Waals surface area contributed by atoms with Crippen molar-refractivity contribution in [1.82, 2.24) is 0 Å². The summed E-state index contributed by atoms with van der Waals surface area (Å²) in [5.74, 6) is 0.468. The van der Waals surface area contributed by atoms with Crippen molar-refractivity contribution in [2.75, 3.05) is 12.0 Å². The van der Waals surface area contributed by atoms with Gasteiger partial charge in [-0.05, 0) is 35.9 Å². The third-order valence-electron chi connectivity index (χ3n) is 3.35. The average molecular weight is 396 g/mol. The van der Waals surface area contributed by atoms with Crippen molar-refractivity contribution < 1.29 is 9.53 Å². The lowest BCUT2D eigenvalue weighted by atomic mass is 10.2. The second-order valence-corrected chi connectivity index (χ2v) is 7.40. The van der Waals surface area contributed by atoms with Gasteiger partial charge in [-0.2, -0.15) is 0 Å². The minimum Gasteiger partial charge on any atom is -0.497 e. The van der Waals surface area contributed by atoms with Crippen LogP contribution in [-0.2, 0) is 4.79 Å². The molecule has 1 amide bonds. The minimum absolute atomic E-state index is 0.190. The molecule has 0 radical (unpaired) electrons. The smallest absolute Gasteiger partial charge is 0.270 e. The second-order valence-electron chi connectivity index (χ2n) is 4.88. The SMILES string of the molecule is COc1cccc(N2C(=O)C(=Cc3ccc(Cl)cc3Cl)SC2=S)c1. The van der Waals surface area contributed by atoms with Gasteiger partial charge in [-0.25, -0.2) is 0 Å².